The summed E-state index contributed by atoms with van der Waals surface area (Å²) >= 11 is 0. The molecular formula is C8H18N6O. The summed E-state index contributed by atoms with van der Waals surface area (Å²) < 4.78 is 0. The lowest BCUT2D eigenvalue weighted by Gasteiger charge is -2.16. The van der Waals surface area contributed by atoms with Crippen molar-refractivity contribution in [3.63, 3.8) is 0 Å². The Morgan fingerprint density at radius 1 is 1.20 bits per heavy atom. The van der Waals surface area contributed by atoms with Gasteiger partial charge in [-0.2, -0.15) is 4.99 Å². The minimum absolute atomic E-state index is 0.0374. The van der Waals surface area contributed by atoms with E-state index in [1.807, 2.05) is 13.8 Å². The molecule has 7 nitrogen and oxygen atoms in total. The van der Waals surface area contributed by atoms with Crippen LogP contribution in [0.5, 0.6) is 0 Å². The maximum Gasteiger partial charge on any atom is 0.244 e. The number of carbonyl (C=O) groups excluding carboxylic acids is 1. The highest BCUT2D eigenvalue weighted by molar-refractivity contribution is 5.93. The molecular weight excluding hydrogens is 196 g/mol. The van der Waals surface area contributed by atoms with Gasteiger partial charge in [-0.15, -0.1) is 0 Å². The molecule has 6 N–H and O–H groups in total. The Morgan fingerprint density at radius 3 is 2.13 bits per heavy atom. The van der Waals surface area contributed by atoms with Gasteiger partial charge in [-0.25, -0.2) is 4.99 Å². The summed E-state index contributed by atoms with van der Waals surface area (Å²) in [7, 11) is 0. The van der Waals surface area contributed by atoms with Crippen LogP contribution in [-0.2, 0) is 4.79 Å². The molecule has 0 spiro atoms. The summed E-state index contributed by atoms with van der Waals surface area (Å²) in [6.45, 7) is 5.04. The third kappa shape index (κ3) is 5.50. The number of hydrogen-bond donors (Lipinski definition) is 3. The molecule has 0 aliphatic rings. The molecule has 0 radical (unpaired) electrons. The maximum atomic E-state index is 11.4. The second-order valence-electron chi connectivity index (χ2n) is 2.78. The van der Waals surface area contributed by atoms with Gasteiger partial charge in [0.2, 0.25) is 11.9 Å². The topological polar surface area (TPSA) is 123 Å². The number of rotatable bonds is 4. The molecule has 86 valence electrons. The highest BCUT2D eigenvalue weighted by atomic mass is 16.2. The minimum Gasteiger partial charge on any atom is -0.370 e. The molecule has 0 aromatic rings. The van der Waals surface area contributed by atoms with Crippen LogP contribution in [0.2, 0.25) is 0 Å². The van der Waals surface area contributed by atoms with Gasteiger partial charge in [0.1, 0.15) is 6.54 Å². The van der Waals surface area contributed by atoms with Crippen molar-refractivity contribution in [2.75, 3.05) is 19.6 Å². The van der Waals surface area contributed by atoms with Crippen molar-refractivity contribution in [1.29, 1.82) is 0 Å². The predicted molar refractivity (Wildman–Crippen MR) is 60.2 cm³/mol. The summed E-state index contributed by atoms with van der Waals surface area (Å²) in [5, 5.41) is 0. The van der Waals surface area contributed by atoms with Gasteiger partial charge in [0.05, 0.1) is 0 Å². The van der Waals surface area contributed by atoms with Crippen LogP contribution in [0.4, 0.5) is 0 Å². The van der Waals surface area contributed by atoms with E-state index in [-0.39, 0.29) is 24.4 Å². The van der Waals surface area contributed by atoms with Gasteiger partial charge in [-0.3, -0.25) is 4.79 Å². The van der Waals surface area contributed by atoms with Crippen molar-refractivity contribution in [1.82, 2.24) is 4.90 Å². The Labute approximate surface area is 89.0 Å². The molecule has 0 unspecified atom stereocenters. The third-order valence-electron chi connectivity index (χ3n) is 1.74. The largest absolute Gasteiger partial charge is 0.370 e. The summed E-state index contributed by atoms with van der Waals surface area (Å²) in [6.07, 6.45) is 0. The van der Waals surface area contributed by atoms with Crippen LogP contribution >= 0.6 is 0 Å². The summed E-state index contributed by atoms with van der Waals surface area (Å²) in [4.78, 5) is 20.3. The lowest BCUT2D eigenvalue weighted by Crippen LogP contribution is -2.33. The van der Waals surface area contributed by atoms with E-state index in [0.29, 0.717) is 13.1 Å². The van der Waals surface area contributed by atoms with Gasteiger partial charge in [0, 0.05) is 13.1 Å². The number of carbonyl (C=O) groups is 1. The van der Waals surface area contributed by atoms with E-state index in [9.17, 15) is 4.79 Å². The molecule has 0 aromatic heterocycles. The number of hydrogen-bond acceptors (Lipinski definition) is 2. The highest BCUT2D eigenvalue weighted by Gasteiger charge is 2.07. The SMILES string of the molecule is CCN(CC)C(=O)CN=C(N)N=C(N)N. The Hall–Kier alpha value is -1.79. The molecule has 0 heterocycles. The average molecular weight is 214 g/mol. The normalized spacial score (nSPS) is 10.9. The van der Waals surface area contributed by atoms with E-state index < -0.39 is 0 Å². The smallest absolute Gasteiger partial charge is 0.244 e. The van der Waals surface area contributed by atoms with E-state index in [0.717, 1.165) is 0 Å². The van der Waals surface area contributed by atoms with Crippen molar-refractivity contribution >= 4 is 17.8 Å². The molecule has 15 heavy (non-hydrogen) atoms. The predicted octanol–water partition coefficient (Wildman–Crippen LogP) is -1.56. The molecule has 0 fully saturated rings. The average Bonchev–Trinajstić information content (AvgIpc) is 2.15. The molecule has 7 heteroatoms. The van der Waals surface area contributed by atoms with Crippen LogP contribution < -0.4 is 17.2 Å². The number of aliphatic imine (C=N–C) groups is 2. The fourth-order valence-corrected chi connectivity index (χ4v) is 0.993. The minimum atomic E-state index is -0.175. The van der Waals surface area contributed by atoms with E-state index in [1.165, 1.54) is 0 Å². The Bertz CT molecular complexity index is 264. The fourth-order valence-electron chi connectivity index (χ4n) is 0.993. The second-order valence-corrected chi connectivity index (χ2v) is 2.78. The first-order valence-electron chi connectivity index (χ1n) is 4.68. The van der Waals surface area contributed by atoms with E-state index in [1.54, 1.807) is 4.90 Å². The first kappa shape index (κ1) is 13.2. The van der Waals surface area contributed by atoms with E-state index in [2.05, 4.69) is 9.98 Å². The standard InChI is InChI=1S/C8H18N6O/c1-3-14(4-2)6(15)5-12-8(11)13-7(9)10/h3-5H2,1-2H3,(H6,9,10,11,12,13). The molecule has 0 aromatic carbocycles. The number of amides is 1. The van der Waals surface area contributed by atoms with Crippen molar-refractivity contribution < 1.29 is 4.79 Å². The molecule has 0 saturated carbocycles. The van der Waals surface area contributed by atoms with Gasteiger partial charge in [0.15, 0.2) is 5.96 Å². The molecule has 0 rings (SSSR count). The summed E-state index contributed by atoms with van der Waals surface area (Å²) in [5.41, 5.74) is 15.5. The lowest BCUT2D eigenvalue weighted by atomic mass is 10.4. The van der Waals surface area contributed by atoms with Gasteiger partial charge in [0.25, 0.3) is 0 Å². The fraction of sp³-hybridized carbons (Fsp3) is 0.625. The summed E-state index contributed by atoms with van der Waals surface area (Å²) in [6, 6.07) is 0. The second kappa shape index (κ2) is 6.63. The van der Waals surface area contributed by atoms with Crippen molar-refractivity contribution in [3.8, 4) is 0 Å². The third-order valence-corrected chi connectivity index (χ3v) is 1.74. The Kier molecular flexibility index (Phi) is 5.84. The molecule has 0 saturated heterocycles. The van der Waals surface area contributed by atoms with E-state index in [4.69, 9.17) is 17.2 Å². The molecule has 0 atom stereocenters. The van der Waals surface area contributed by atoms with Gasteiger partial charge in [-0.05, 0) is 13.8 Å². The van der Waals surface area contributed by atoms with Crippen LogP contribution in [-0.4, -0.2) is 42.4 Å². The Balaban J connectivity index is 4.25. The first-order valence-corrected chi connectivity index (χ1v) is 4.68. The van der Waals surface area contributed by atoms with Crippen LogP contribution in [0, 0.1) is 0 Å². The summed E-state index contributed by atoms with van der Waals surface area (Å²) in [5.74, 6) is -0.365. The number of nitrogens with zero attached hydrogens (tertiary/aromatic N) is 3. The molecule has 0 aliphatic carbocycles. The lowest BCUT2D eigenvalue weighted by molar-refractivity contribution is -0.129. The number of likely N-dealkylation sites (N-methyl/N-ethyl adjacent to an activating group) is 1. The Morgan fingerprint density at radius 2 is 1.73 bits per heavy atom. The zero-order valence-corrected chi connectivity index (χ0v) is 9.10. The quantitative estimate of drug-likeness (QED) is 0.387. The van der Waals surface area contributed by atoms with E-state index >= 15 is 0 Å². The van der Waals surface area contributed by atoms with Gasteiger partial charge in [-0.1, -0.05) is 0 Å². The highest BCUT2D eigenvalue weighted by Crippen LogP contribution is 1.89. The van der Waals surface area contributed by atoms with Crippen LogP contribution in [0.25, 0.3) is 0 Å². The molecule has 0 bridgehead atoms. The van der Waals surface area contributed by atoms with Crippen LogP contribution in [0.15, 0.2) is 9.98 Å². The molecule has 1 amide bonds. The molecule has 0 aliphatic heterocycles. The number of nitrogens with two attached hydrogens (primary N) is 3. The van der Waals surface area contributed by atoms with Crippen LogP contribution in [0.3, 0.4) is 0 Å². The number of guanidine groups is 2. The first-order chi connectivity index (χ1) is 7.01. The van der Waals surface area contributed by atoms with Gasteiger partial charge < -0.3 is 22.1 Å². The van der Waals surface area contributed by atoms with Gasteiger partial charge >= 0.3 is 0 Å². The van der Waals surface area contributed by atoms with Crippen molar-refractivity contribution in [2.45, 2.75) is 13.8 Å². The maximum absolute atomic E-state index is 11.4. The monoisotopic (exact) mass is 214 g/mol. The van der Waals surface area contributed by atoms with Crippen molar-refractivity contribution in [2.24, 2.45) is 27.2 Å². The van der Waals surface area contributed by atoms with Crippen molar-refractivity contribution in [3.05, 3.63) is 0 Å². The zero-order chi connectivity index (χ0) is 11.8. The zero-order valence-electron chi connectivity index (χ0n) is 9.10. The van der Waals surface area contributed by atoms with Crippen LogP contribution in [0.1, 0.15) is 13.8 Å².